The standard InChI is InChI=1S/C27H30ClNO4S/c1-18-11-13-24(14-12-18)34(31,32)29(25-9-6-8-19(2)22(25)5)26(30)10-7-15-33-23-16-20(3)27(28)21(4)17-23/h6,8-9,11-14,16-17H,7,10,15H2,1-5H3. The normalized spacial score (nSPS) is 11.4. The fraction of sp³-hybridized carbons (Fsp3) is 0.296. The molecule has 1 amide bonds. The Hall–Kier alpha value is -2.83. The molecule has 0 atom stereocenters. The summed E-state index contributed by atoms with van der Waals surface area (Å²) in [6, 6.07) is 15.5. The fourth-order valence-electron chi connectivity index (χ4n) is 3.67. The molecule has 0 aromatic heterocycles. The van der Waals surface area contributed by atoms with E-state index in [0.717, 1.165) is 32.1 Å². The van der Waals surface area contributed by atoms with Crippen LogP contribution in [0.5, 0.6) is 5.75 Å². The van der Waals surface area contributed by atoms with Crippen LogP contribution in [0, 0.1) is 34.6 Å². The number of benzene rings is 3. The predicted molar refractivity (Wildman–Crippen MR) is 137 cm³/mol. The van der Waals surface area contributed by atoms with E-state index in [1.54, 1.807) is 24.3 Å². The molecular formula is C27H30ClNO4S. The molecule has 0 aliphatic rings. The molecule has 0 radical (unpaired) electrons. The van der Waals surface area contributed by atoms with Crippen molar-refractivity contribution in [3.8, 4) is 5.75 Å². The summed E-state index contributed by atoms with van der Waals surface area (Å²) in [6.07, 6.45) is 0.383. The average molecular weight is 500 g/mol. The lowest BCUT2D eigenvalue weighted by Crippen LogP contribution is -2.37. The summed E-state index contributed by atoms with van der Waals surface area (Å²) < 4.78 is 33.9. The third-order valence-corrected chi connectivity index (χ3v) is 8.14. The van der Waals surface area contributed by atoms with Crippen molar-refractivity contribution in [2.24, 2.45) is 0 Å². The molecule has 0 spiro atoms. The van der Waals surface area contributed by atoms with Crippen molar-refractivity contribution in [3.63, 3.8) is 0 Å². The van der Waals surface area contributed by atoms with E-state index in [2.05, 4.69) is 0 Å². The van der Waals surface area contributed by atoms with Crippen LogP contribution >= 0.6 is 11.6 Å². The molecule has 3 rings (SSSR count). The van der Waals surface area contributed by atoms with Gasteiger partial charge in [-0.05, 0) is 93.6 Å². The van der Waals surface area contributed by atoms with Crippen LogP contribution in [0.15, 0.2) is 59.5 Å². The van der Waals surface area contributed by atoms with Gasteiger partial charge in [-0.1, -0.05) is 41.4 Å². The molecule has 0 saturated heterocycles. The van der Waals surface area contributed by atoms with E-state index < -0.39 is 15.9 Å². The van der Waals surface area contributed by atoms with Crippen molar-refractivity contribution in [3.05, 3.63) is 87.4 Å². The first kappa shape index (κ1) is 25.8. The van der Waals surface area contributed by atoms with Gasteiger partial charge in [0.2, 0.25) is 5.91 Å². The molecular weight excluding hydrogens is 470 g/mol. The number of nitrogens with zero attached hydrogens (tertiary/aromatic N) is 1. The van der Waals surface area contributed by atoms with Crippen LogP contribution in [0.4, 0.5) is 5.69 Å². The zero-order valence-electron chi connectivity index (χ0n) is 20.2. The molecule has 0 fully saturated rings. The smallest absolute Gasteiger partial charge is 0.270 e. The second kappa shape index (κ2) is 10.6. The number of halogens is 1. The van der Waals surface area contributed by atoms with Gasteiger partial charge in [-0.3, -0.25) is 4.79 Å². The number of sulfonamides is 1. The minimum atomic E-state index is -4.09. The van der Waals surface area contributed by atoms with Gasteiger partial charge >= 0.3 is 0 Å². The van der Waals surface area contributed by atoms with E-state index in [0.29, 0.717) is 22.9 Å². The topological polar surface area (TPSA) is 63.7 Å². The maximum absolute atomic E-state index is 13.6. The van der Waals surface area contributed by atoms with Crippen molar-refractivity contribution in [1.29, 1.82) is 0 Å². The number of carbonyl (C=O) groups excluding carboxylic acids is 1. The highest BCUT2D eigenvalue weighted by molar-refractivity contribution is 7.93. The molecule has 7 heteroatoms. The zero-order chi connectivity index (χ0) is 25.0. The van der Waals surface area contributed by atoms with Gasteiger partial charge in [-0.25, -0.2) is 12.7 Å². The molecule has 0 heterocycles. The number of aryl methyl sites for hydroxylation is 4. The van der Waals surface area contributed by atoms with Gasteiger partial charge < -0.3 is 4.74 Å². The Kier molecular flexibility index (Phi) is 8.05. The van der Waals surface area contributed by atoms with E-state index in [1.807, 2.05) is 52.8 Å². The first-order valence-corrected chi connectivity index (χ1v) is 12.9. The van der Waals surface area contributed by atoms with Crippen molar-refractivity contribution in [1.82, 2.24) is 0 Å². The monoisotopic (exact) mass is 499 g/mol. The molecule has 5 nitrogen and oxygen atoms in total. The lowest BCUT2D eigenvalue weighted by molar-refractivity contribution is -0.117. The zero-order valence-corrected chi connectivity index (χ0v) is 21.8. The number of hydrogen-bond acceptors (Lipinski definition) is 4. The summed E-state index contributed by atoms with van der Waals surface area (Å²) in [4.78, 5) is 13.4. The number of carbonyl (C=O) groups is 1. The number of rotatable bonds is 8. The second-order valence-corrected chi connectivity index (χ2v) is 10.7. The molecule has 0 bridgehead atoms. The fourth-order valence-corrected chi connectivity index (χ4v) is 5.29. The van der Waals surface area contributed by atoms with E-state index in [1.165, 1.54) is 12.1 Å². The number of ether oxygens (including phenoxy) is 1. The van der Waals surface area contributed by atoms with E-state index in [4.69, 9.17) is 16.3 Å². The maximum atomic E-state index is 13.6. The van der Waals surface area contributed by atoms with Crippen LogP contribution in [0.2, 0.25) is 5.02 Å². The quantitative estimate of drug-likeness (QED) is 0.333. The summed E-state index contributed by atoms with van der Waals surface area (Å²) in [6.45, 7) is 9.69. The minimum Gasteiger partial charge on any atom is -0.494 e. The first-order chi connectivity index (χ1) is 16.0. The van der Waals surface area contributed by atoms with Gasteiger partial charge in [-0.15, -0.1) is 0 Å². The molecule has 180 valence electrons. The molecule has 0 N–H and O–H groups in total. The van der Waals surface area contributed by atoms with Crippen LogP contribution in [0.25, 0.3) is 0 Å². The number of amides is 1. The highest BCUT2D eigenvalue weighted by Crippen LogP contribution is 2.30. The van der Waals surface area contributed by atoms with Crippen molar-refractivity contribution >= 4 is 33.2 Å². The Morgan fingerprint density at radius 1 is 0.912 bits per heavy atom. The van der Waals surface area contributed by atoms with Gasteiger partial charge in [0, 0.05) is 11.4 Å². The molecule has 3 aromatic carbocycles. The van der Waals surface area contributed by atoms with Crippen LogP contribution in [0.3, 0.4) is 0 Å². The summed E-state index contributed by atoms with van der Waals surface area (Å²) in [7, 11) is -4.09. The third-order valence-electron chi connectivity index (χ3n) is 5.79. The first-order valence-electron chi connectivity index (χ1n) is 11.1. The molecule has 0 saturated carbocycles. The van der Waals surface area contributed by atoms with Gasteiger partial charge in [-0.2, -0.15) is 0 Å². The Morgan fingerprint density at radius 2 is 1.53 bits per heavy atom. The SMILES string of the molecule is Cc1ccc(S(=O)(=O)N(C(=O)CCCOc2cc(C)c(Cl)c(C)c2)c2cccc(C)c2C)cc1. The number of anilines is 1. The Balaban J connectivity index is 1.83. The minimum absolute atomic E-state index is 0.0179. The second-order valence-electron chi connectivity index (χ2n) is 8.52. The van der Waals surface area contributed by atoms with Gasteiger partial charge in [0.15, 0.2) is 0 Å². The molecule has 34 heavy (non-hydrogen) atoms. The Bertz CT molecular complexity index is 1280. The average Bonchev–Trinajstić information content (AvgIpc) is 2.78. The highest BCUT2D eigenvalue weighted by atomic mass is 35.5. The molecule has 0 unspecified atom stereocenters. The van der Waals surface area contributed by atoms with Crippen molar-refractivity contribution in [2.45, 2.75) is 52.4 Å². The van der Waals surface area contributed by atoms with E-state index in [-0.39, 0.29) is 17.9 Å². The van der Waals surface area contributed by atoms with Crippen LogP contribution < -0.4 is 9.04 Å². The van der Waals surface area contributed by atoms with Gasteiger partial charge in [0.25, 0.3) is 10.0 Å². The largest absolute Gasteiger partial charge is 0.494 e. The lowest BCUT2D eigenvalue weighted by atomic mass is 10.1. The van der Waals surface area contributed by atoms with Crippen LogP contribution in [-0.4, -0.2) is 20.9 Å². The third kappa shape index (κ3) is 5.62. The van der Waals surface area contributed by atoms with Gasteiger partial charge in [0.1, 0.15) is 5.75 Å². The Labute approximate surface area is 207 Å². The van der Waals surface area contributed by atoms with Crippen molar-refractivity contribution < 1.29 is 17.9 Å². The van der Waals surface area contributed by atoms with Crippen LogP contribution in [-0.2, 0) is 14.8 Å². The lowest BCUT2D eigenvalue weighted by Gasteiger charge is -2.25. The van der Waals surface area contributed by atoms with Crippen molar-refractivity contribution in [2.75, 3.05) is 10.9 Å². The summed E-state index contributed by atoms with van der Waals surface area (Å²) in [5, 5.41) is 0.702. The number of hydrogen-bond donors (Lipinski definition) is 0. The van der Waals surface area contributed by atoms with Gasteiger partial charge in [0.05, 0.1) is 17.2 Å². The summed E-state index contributed by atoms with van der Waals surface area (Å²) in [5.41, 5.74) is 4.79. The summed E-state index contributed by atoms with van der Waals surface area (Å²) >= 11 is 6.21. The summed E-state index contributed by atoms with van der Waals surface area (Å²) in [5.74, 6) is 0.173. The molecule has 0 aliphatic heterocycles. The molecule has 3 aromatic rings. The Morgan fingerprint density at radius 3 is 2.15 bits per heavy atom. The predicted octanol–water partition coefficient (Wildman–Crippen LogP) is 6.46. The van der Waals surface area contributed by atoms with Crippen LogP contribution in [0.1, 0.15) is 40.7 Å². The highest BCUT2D eigenvalue weighted by Gasteiger charge is 2.31. The van der Waals surface area contributed by atoms with E-state index in [9.17, 15) is 13.2 Å². The van der Waals surface area contributed by atoms with E-state index >= 15 is 0 Å². The maximum Gasteiger partial charge on any atom is 0.270 e. The molecule has 0 aliphatic carbocycles.